The van der Waals surface area contributed by atoms with Gasteiger partial charge in [0, 0.05) is 5.41 Å². The maximum atomic E-state index is 11.3. The fraction of sp³-hybridized carbons (Fsp3) is 0.429. The molecule has 0 aliphatic rings. The van der Waals surface area contributed by atoms with E-state index in [1.807, 2.05) is 33.8 Å². The van der Waals surface area contributed by atoms with Gasteiger partial charge < -0.3 is 5.11 Å². The van der Waals surface area contributed by atoms with E-state index in [0.29, 0.717) is 11.5 Å². The van der Waals surface area contributed by atoms with Gasteiger partial charge in [-0.1, -0.05) is 20.8 Å². The number of tetrazole rings is 1. The number of nitrogens with zero attached hydrogens (tertiary/aromatic N) is 4. The number of aryl methyl sites for hydroxylation is 1. The van der Waals surface area contributed by atoms with Crippen LogP contribution in [0.5, 0.6) is 0 Å². The molecule has 0 bridgehead atoms. The molecule has 106 valence electrons. The third-order valence-corrected chi connectivity index (χ3v) is 3.27. The van der Waals surface area contributed by atoms with Crippen molar-refractivity contribution in [2.75, 3.05) is 0 Å². The van der Waals surface area contributed by atoms with Gasteiger partial charge in [-0.05, 0) is 47.5 Å². The fourth-order valence-corrected chi connectivity index (χ4v) is 2.01. The first-order valence-electron chi connectivity index (χ1n) is 6.35. The Hall–Kier alpha value is -2.24. The summed E-state index contributed by atoms with van der Waals surface area (Å²) in [7, 11) is 0. The lowest BCUT2D eigenvalue weighted by Gasteiger charge is -2.18. The average Bonchev–Trinajstić information content (AvgIpc) is 2.80. The van der Waals surface area contributed by atoms with Crippen LogP contribution in [0, 0.1) is 13.8 Å². The highest BCUT2D eigenvalue weighted by Gasteiger charge is 2.23. The fourth-order valence-electron chi connectivity index (χ4n) is 2.01. The van der Waals surface area contributed by atoms with Crippen LogP contribution in [0.1, 0.15) is 48.1 Å². The molecule has 1 heterocycles. The lowest BCUT2D eigenvalue weighted by molar-refractivity contribution is 0.0696. The molecule has 0 saturated heterocycles. The highest BCUT2D eigenvalue weighted by Crippen LogP contribution is 2.24. The van der Waals surface area contributed by atoms with Crippen LogP contribution in [0.2, 0.25) is 0 Å². The van der Waals surface area contributed by atoms with Gasteiger partial charge in [0.15, 0.2) is 5.82 Å². The Bertz CT molecular complexity index is 668. The molecule has 0 unspecified atom stereocenters. The zero-order valence-electron chi connectivity index (χ0n) is 12.3. The summed E-state index contributed by atoms with van der Waals surface area (Å²) in [5, 5.41) is 21.0. The summed E-state index contributed by atoms with van der Waals surface area (Å²) in [6.45, 7) is 9.70. The molecule has 1 N–H and O–H groups in total. The second-order valence-corrected chi connectivity index (χ2v) is 5.90. The van der Waals surface area contributed by atoms with Gasteiger partial charge in [0.25, 0.3) is 0 Å². The molecule has 6 nitrogen and oxygen atoms in total. The number of carbonyl (C=O) groups is 1. The van der Waals surface area contributed by atoms with E-state index in [2.05, 4.69) is 15.5 Å². The van der Waals surface area contributed by atoms with Crippen LogP contribution in [-0.4, -0.2) is 31.3 Å². The number of aromatic carboxylic acids is 1. The maximum Gasteiger partial charge on any atom is 0.336 e. The normalized spacial score (nSPS) is 11.7. The van der Waals surface area contributed by atoms with Crippen molar-refractivity contribution in [3.63, 3.8) is 0 Å². The molecule has 0 saturated carbocycles. The molecule has 0 aliphatic carbocycles. The molecule has 0 radical (unpaired) electrons. The number of carboxylic acids is 1. The van der Waals surface area contributed by atoms with E-state index < -0.39 is 5.97 Å². The predicted octanol–water partition coefficient (Wildman–Crippen LogP) is 2.27. The third kappa shape index (κ3) is 2.41. The van der Waals surface area contributed by atoms with Crippen LogP contribution < -0.4 is 0 Å². The van der Waals surface area contributed by atoms with Gasteiger partial charge in [-0.2, -0.15) is 4.68 Å². The smallest absolute Gasteiger partial charge is 0.336 e. The molecule has 1 aromatic heterocycles. The van der Waals surface area contributed by atoms with Gasteiger partial charge in [0.2, 0.25) is 0 Å². The van der Waals surface area contributed by atoms with E-state index in [1.165, 1.54) is 0 Å². The van der Waals surface area contributed by atoms with Crippen molar-refractivity contribution in [2.24, 2.45) is 0 Å². The average molecular weight is 274 g/mol. The number of carboxylic acid groups (broad SMARTS) is 1. The molecule has 2 rings (SSSR count). The summed E-state index contributed by atoms with van der Waals surface area (Å²) < 4.78 is 1.60. The maximum absolute atomic E-state index is 11.3. The van der Waals surface area contributed by atoms with Crippen LogP contribution in [0.4, 0.5) is 0 Å². The largest absolute Gasteiger partial charge is 0.478 e. The van der Waals surface area contributed by atoms with Crippen LogP contribution in [0.25, 0.3) is 5.69 Å². The predicted molar refractivity (Wildman–Crippen MR) is 74.3 cm³/mol. The highest BCUT2D eigenvalue weighted by atomic mass is 16.4. The zero-order chi connectivity index (χ0) is 15.1. The van der Waals surface area contributed by atoms with Crippen molar-refractivity contribution in [3.05, 3.63) is 34.6 Å². The number of aromatic nitrogens is 4. The molecule has 2 aromatic rings. The van der Waals surface area contributed by atoms with E-state index in [-0.39, 0.29) is 11.0 Å². The summed E-state index contributed by atoms with van der Waals surface area (Å²) in [6.07, 6.45) is 0. The topological polar surface area (TPSA) is 80.9 Å². The van der Waals surface area contributed by atoms with Crippen molar-refractivity contribution in [1.82, 2.24) is 20.2 Å². The summed E-state index contributed by atoms with van der Waals surface area (Å²) in [6, 6.07) is 3.50. The zero-order valence-corrected chi connectivity index (χ0v) is 12.3. The minimum absolute atomic E-state index is 0.230. The highest BCUT2D eigenvalue weighted by molar-refractivity contribution is 5.90. The van der Waals surface area contributed by atoms with E-state index in [4.69, 9.17) is 0 Å². The second-order valence-electron chi connectivity index (χ2n) is 5.90. The van der Waals surface area contributed by atoms with E-state index in [1.54, 1.807) is 17.7 Å². The second kappa shape index (κ2) is 4.70. The van der Waals surface area contributed by atoms with E-state index in [0.717, 1.165) is 11.1 Å². The SMILES string of the molecule is Cc1cc(-n2nnnc2C(C)(C)C)cc(C(=O)O)c1C. The Morgan fingerprint density at radius 3 is 2.45 bits per heavy atom. The van der Waals surface area contributed by atoms with Crippen LogP contribution in [0.3, 0.4) is 0 Å². The first-order valence-corrected chi connectivity index (χ1v) is 6.35. The standard InChI is InChI=1S/C14H18N4O2/c1-8-6-10(7-11(9(8)2)12(19)20)18-13(14(3,4)5)15-16-17-18/h6-7H,1-5H3,(H,19,20). The summed E-state index contributed by atoms with van der Waals surface area (Å²) in [5.74, 6) is -0.255. The van der Waals surface area contributed by atoms with E-state index >= 15 is 0 Å². The Morgan fingerprint density at radius 1 is 1.25 bits per heavy atom. The van der Waals surface area contributed by atoms with Crippen LogP contribution in [0.15, 0.2) is 12.1 Å². The van der Waals surface area contributed by atoms with Crippen molar-refractivity contribution < 1.29 is 9.90 Å². The van der Waals surface area contributed by atoms with Gasteiger partial charge in [-0.15, -0.1) is 5.10 Å². The van der Waals surface area contributed by atoms with Crippen molar-refractivity contribution >= 4 is 5.97 Å². The Morgan fingerprint density at radius 2 is 1.90 bits per heavy atom. The summed E-state index contributed by atoms with van der Waals surface area (Å²) in [4.78, 5) is 11.3. The third-order valence-electron chi connectivity index (χ3n) is 3.27. The number of benzene rings is 1. The molecule has 0 fully saturated rings. The molecule has 0 spiro atoms. The molecular weight excluding hydrogens is 256 g/mol. The molecular formula is C14H18N4O2. The van der Waals surface area contributed by atoms with E-state index in [9.17, 15) is 9.90 Å². The van der Waals surface area contributed by atoms with Gasteiger partial charge in [-0.3, -0.25) is 0 Å². The Labute approximate surface area is 117 Å². The lowest BCUT2D eigenvalue weighted by atomic mass is 9.95. The molecule has 0 amide bonds. The van der Waals surface area contributed by atoms with Crippen LogP contribution in [-0.2, 0) is 5.41 Å². The molecule has 0 atom stereocenters. The molecule has 0 aliphatic heterocycles. The van der Waals surface area contributed by atoms with Gasteiger partial charge in [0.1, 0.15) is 0 Å². The van der Waals surface area contributed by atoms with Crippen molar-refractivity contribution in [3.8, 4) is 5.69 Å². The van der Waals surface area contributed by atoms with Crippen molar-refractivity contribution in [1.29, 1.82) is 0 Å². The molecule has 6 heteroatoms. The minimum Gasteiger partial charge on any atom is -0.478 e. The monoisotopic (exact) mass is 274 g/mol. The molecule has 1 aromatic carbocycles. The first-order chi connectivity index (χ1) is 9.21. The van der Waals surface area contributed by atoms with Gasteiger partial charge in [-0.25, -0.2) is 4.79 Å². The summed E-state index contributed by atoms with van der Waals surface area (Å²) >= 11 is 0. The summed E-state index contributed by atoms with van der Waals surface area (Å²) in [5.41, 5.74) is 2.36. The first kappa shape index (κ1) is 14.2. The quantitative estimate of drug-likeness (QED) is 0.908. The number of hydrogen-bond donors (Lipinski definition) is 1. The number of rotatable bonds is 2. The lowest BCUT2D eigenvalue weighted by Crippen LogP contribution is -2.19. The Balaban J connectivity index is 2.66. The van der Waals surface area contributed by atoms with Crippen molar-refractivity contribution in [2.45, 2.75) is 40.0 Å². The minimum atomic E-state index is -0.946. The van der Waals surface area contributed by atoms with Crippen LogP contribution >= 0.6 is 0 Å². The van der Waals surface area contributed by atoms with Gasteiger partial charge in [0.05, 0.1) is 11.3 Å². The van der Waals surface area contributed by atoms with Gasteiger partial charge >= 0.3 is 5.97 Å². The Kier molecular flexibility index (Phi) is 3.33. The number of hydrogen-bond acceptors (Lipinski definition) is 4. The molecule has 20 heavy (non-hydrogen) atoms.